The summed E-state index contributed by atoms with van der Waals surface area (Å²) >= 11 is 0. The Kier molecular flexibility index (Phi) is 7.62. The number of amidine groups is 1. The number of hydrogen-bond donors (Lipinski definition) is 3. The normalized spacial score (nSPS) is 11.7. The lowest BCUT2D eigenvalue weighted by Crippen LogP contribution is -2.22. The lowest BCUT2D eigenvalue weighted by atomic mass is 10.1. The first-order valence-corrected chi connectivity index (χ1v) is 6.63. The summed E-state index contributed by atoms with van der Waals surface area (Å²) in [6.45, 7) is 5.12. The zero-order valence-corrected chi connectivity index (χ0v) is 11.4. The van der Waals surface area contributed by atoms with Crippen molar-refractivity contribution in [3.8, 4) is 0 Å². The maximum Gasteiger partial charge on any atom is 0.170 e. The molecule has 0 amide bonds. The summed E-state index contributed by atoms with van der Waals surface area (Å²) in [6, 6.07) is 7.59. The SMILES string of the molecule is CCCCOCCNCc1ccccc1C(N)=NO. The van der Waals surface area contributed by atoms with Crippen molar-refractivity contribution in [3.63, 3.8) is 0 Å². The highest BCUT2D eigenvalue weighted by Gasteiger charge is 2.05. The van der Waals surface area contributed by atoms with Gasteiger partial charge in [-0.3, -0.25) is 0 Å². The predicted octanol–water partition coefficient (Wildman–Crippen LogP) is 1.69. The quantitative estimate of drug-likeness (QED) is 0.209. The van der Waals surface area contributed by atoms with Gasteiger partial charge in [-0.05, 0) is 12.0 Å². The Labute approximate surface area is 114 Å². The van der Waals surface area contributed by atoms with Crippen molar-refractivity contribution in [2.45, 2.75) is 26.3 Å². The fraction of sp³-hybridized carbons (Fsp3) is 0.500. The largest absolute Gasteiger partial charge is 0.409 e. The van der Waals surface area contributed by atoms with Crippen LogP contribution in [-0.2, 0) is 11.3 Å². The average Bonchev–Trinajstić information content (AvgIpc) is 2.46. The van der Waals surface area contributed by atoms with E-state index in [9.17, 15) is 0 Å². The molecule has 1 aromatic carbocycles. The number of nitrogens with two attached hydrogens (primary N) is 1. The van der Waals surface area contributed by atoms with Gasteiger partial charge < -0.3 is 21.0 Å². The third-order valence-corrected chi connectivity index (χ3v) is 2.78. The molecule has 0 heterocycles. The molecule has 5 heteroatoms. The highest BCUT2D eigenvalue weighted by Crippen LogP contribution is 2.07. The summed E-state index contributed by atoms with van der Waals surface area (Å²) in [5.41, 5.74) is 7.39. The number of nitrogens with one attached hydrogen (secondary N) is 1. The van der Waals surface area contributed by atoms with Gasteiger partial charge in [0.25, 0.3) is 0 Å². The third-order valence-electron chi connectivity index (χ3n) is 2.78. The van der Waals surface area contributed by atoms with Crippen molar-refractivity contribution in [1.29, 1.82) is 0 Å². The Morgan fingerprint density at radius 2 is 2.16 bits per heavy atom. The minimum Gasteiger partial charge on any atom is -0.409 e. The molecular formula is C14H23N3O2. The zero-order valence-electron chi connectivity index (χ0n) is 11.4. The molecule has 0 atom stereocenters. The van der Waals surface area contributed by atoms with Gasteiger partial charge in [0.15, 0.2) is 5.84 Å². The number of unbranched alkanes of at least 4 members (excludes halogenated alkanes) is 1. The molecule has 5 nitrogen and oxygen atoms in total. The van der Waals surface area contributed by atoms with Gasteiger partial charge in [-0.1, -0.05) is 42.8 Å². The van der Waals surface area contributed by atoms with E-state index in [0.717, 1.165) is 37.1 Å². The molecule has 1 rings (SSSR count). The second kappa shape index (κ2) is 9.35. The van der Waals surface area contributed by atoms with E-state index in [1.54, 1.807) is 0 Å². The molecule has 0 aromatic heterocycles. The fourth-order valence-corrected chi connectivity index (χ4v) is 1.69. The van der Waals surface area contributed by atoms with Gasteiger partial charge in [0.05, 0.1) is 6.61 Å². The first-order valence-electron chi connectivity index (χ1n) is 6.63. The lowest BCUT2D eigenvalue weighted by molar-refractivity contribution is 0.133. The monoisotopic (exact) mass is 265 g/mol. The highest BCUT2D eigenvalue weighted by molar-refractivity contribution is 5.98. The summed E-state index contributed by atoms with van der Waals surface area (Å²) in [5, 5.41) is 15.0. The van der Waals surface area contributed by atoms with Crippen LogP contribution in [0, 0.1) is 0 Å². The Morgan fingerprint density at radius 3 is 2.89 bits per heavy atom. The number of benzene rings is 1. The Balaban J connectivity index is 2.33. The molecule has 19 heavy (non-hydrogen) atoms. The summed E-state index contributed by atoms with van der Waals surface area (Å²) in [4.78, 5) is 0. The molecule has 0 spiro atoms. The van der Waals surface area contributed by atoms with E-state index in [2.05, 4.69) is 17.4 Å². The fourth-order valence-electron chi connectivity index (χ4n) is 1.69. The molecule has 106 valence electrons. The maximum absolute atomic E-state index is 8.73. The van der Waals surface area contributed by atoms with Crippen LogP contribution < -0.4 is 11.1 Å². The summed E-state index contributed by atoms with van der Waals surface area (Å²) < 4.78 is 5.46. The van der Waals surface area contributed by atoms with Gasteiger partial charge in [0, 0.05) is 25.3 Å². The molecule has 0 aliphatic carbocycles. The van der Waals surface area contributed by atoms with E-state index in [1.165, 1.54) is 0 Å². The molecule has 0 saturated heterocycles. The second-order valence-electron chi connectivity index (χ2n) is 4.29. The Hall–Kier alpha value is -1.59. The van der Waals surface area contributed by atoms with E-state index < -0.39 is 0 Å². The maximum atomic E-state index is 8.73. The molecule has 1 aromatic rings. The molecule has 0 radical (unpaired) electrons. The van der Waals surface area contributed by atoms with Crippen molar-refractivity contribution < 1.29 is 9.94 Å². The van der Waals surface area contributed by atoms with Gasteiger partial charge in [-0.25, -0.2) is 0 Å². The van der Waals surface area contributed by atoms with E-state index >= 15 is 0 Å². The zero-order chi connectivity index (χ0) is 13.9. The average molecular weight is 265 g/mol. The number of oxime groups is 1. The van der Waals surface area contributed by atoms with Crippen LogP contribution in [0.5, 0.6) is 0 Å². The summed E-state index contributed by atoms with van der Waals surface area (Å²) in [6.07, 6.45) is 2.26. The van der Waals surface area contributed by atoms with Gasteiger partial charge in [-0.15, -0.1) is 0 Å². The van der Waals surface area contributed by atoms with Crippen molar-refractivity contribution in [3.05, 3.63) is 35.4 Å². The van der Waals surface area contributed by atoms with Crippen LogP contribution in [0.25, 0.3) is 0 Å². The predicted molar refractivity (Wildman–Crippen MR) is 76.4 cm³/mol. The molecule has 0 aliphatic heterocycles. The highest BCUT2D eigenvalue weighted by atomic mass is 16.5. The van der Waals surface area contributed by atoms with Crippen molar-refractivity contribution in [2.24, 2.45) is 10.9 Å². The standard InChI is InChI=1S/C14H23N3O2/c1-2-3-9-19-10-8-16-11-12-6-4-5-7-13(12)14(15)17-18/h4-7,16,18H,2-3,8-11H2,1H3,(H2,15,17). The van der Waals surface area contributed by atoms with Crippen molar-refractivity contribution >= 4 is 5.84 Å². The summed E-state index contributed by atoms with van der Waals surface area (Å²) in [5.74, 6) is 0.136. The smallest absolute Gasteiger partial charge is 0.170 e. The Morgan fingerprint density at radius 1 is 1.37 bits per heavy atom. The number of hydrogen-bond acceptors (Lipinski definition) is 4. The van der Waals surface area contributed by atoms with Crippen LogP contribution in [-0.4, -0.2) is 30.8 Å². The lowest BCUT2D eigenvalue weighted by Gasteiger charge is -2.09. The molecule has 0 fully saturated rings. The van der Waals surface area contributed by atoms with E-state index in [-0.39, 0.29) is 5.84 Å². The topological polar surface area (TPSA) is 79.9 Å². The van der Waals surface area contributed by atoms with Crippen LogP contribution in [0.15, 0.2) is 29.4 Å². The molecular weight excluding hydrogens is 242 g/mol. The van der Waals surface area contributed by atoms with Gasteiger partial charge in [0.1, 0.15) is 0 Å². The minimum atomic E-state index is 0.136. The van der Waals surface area contributed by atoms with Crippen LogP contribution in [0.4, 0.5) is 0 Å². The Bertz CT molecular complexity index is 394. The van der Waals surface area contributed by atoms with Crippen molar-refractivity contribution in [1.82, 2.24) is 5.32 Å². The van der Waals surface area contributed by atoms with Crippen molar-refractivity contribution in [2.75, 3.05) is 19.8 Å². The summed E-state index contributed by atoms with van der Waals surface area (Å²) in [7, 11) is 0. The molecule has 0 aliphatic rings. The molecule has 4 N–H and O–H groups in total. The third kappa shape index (κ3) is 5.72. The van der Waals surface area contributed by atoms with E-state index in [0.29, 0.717) is 13.2 Å². The van der Waals surface area contributed by atoms with E-state index in [4.69, 9.17) is 15.7 Å². The number of ether oxygens (including phenoxy) is 1. The molecule has 0 unspecified atom stereocenters. The first kappa shape index (κ1) is 15.5. The molecule has 0 bridgehead atoms. The van der Waals surface area contributed by atoms with Gasteiger partial charge in [0.2, 0.25) is 0 Å². The van der Waals surface area contributed by atoms with Crippen LogP contribution >= 0.6 is 0 Å². The molecule has 0 saturated carbocycles. The first-order chi connectivity index (χ1) is 9.29. The van der Waals surface area contributed by atoms with Crippen LogP contribution in [0.1, 0.15) is 30.9 Å². The van der Waals surface area contributed by atoms with Gasteiger partial charge >= 0.3 is 0 Å². The van der Waals surface area contributed by atoms with Crippen LogP contribution in [0.3, 0.4) is 0 Å². The van der Waals surface area contributed by atoms with Crippen LogP contribution in [0.2, 0.25) is 0 Å². The number of nitrogens with zero attached hydrogens (tertiary/aromatic N) is 1. The second-order valence-corrected chi connectivity index (χ2v) is 4.29. The van der Waals surface area contributed by atoms with Gasteiger partial charge in [-0.2, -0.15) is 0 Å². The number of rotatable bonds is 9. The van der Waals surface area contributed by atoms with E-state index in [1.807, 2.05) is 24.3 Å². The minimum absolute atomic E-state index is 0.136.